The molecule has 0 amide bonds. The lowest BCUT2D eigenvalue weighted by atomic mass is 10.2. The zero-order valence-corrected chi connectivity index (χ0v) is 8.45. The molecule has 13 heavy (non-hydrogen) atoms. The molecule has 0 fully saturated rings. The summed E-state index contributed by atoms with van der Waals surface area (Å²) < 4.78 is 15.4. The van der Waals surface area contributed by atoms with Gasteiger partial charge in [0.1, 0.15) is 5.75 Å². The summed E-state index contributed by atoms with van der Waals surface area (Å²) in [4.78, 5) is 10.2. The summed E-state index contributed by atoms with van der Waals surface area (Å²) in [5, 5.41) is 0. The average Bonchev–Trinajstić information content (AvgIpc) is 2.08. The maximum Gasteiger partial charge on any atom is 0.119 e. The van der Waals surface area contributed by atoms with Gasteiger partial charge >= 0.3 is 0 Å². The Hall–Kier alpha value is -0.790. The van der Waals surface area contributed by atoms with Crippen molar-refractivity contribution in [3.8, 4) is 5.75 Å². The summed E-state index contributed by atoms with van der Waals surface area (Å²) in [6.45, 7) is 2.23. The molecule has 0 radical (unpaired) electrons. The van der Waals surface area contributed by atoms with Crippen molar-refractivity contribution in [2.45, 2.75) is 6.92 Å². The normalized spacial score (nSPS) is 12.5. The summed E-state index contributed by atoms with van der Waals surface area (Å²) in [6.07, 6.45) is 0.110. The highest BCUT2D eigenvalue weighted by molar-refractivity contribution is 7.36. The minimum atomic E-state index is -2.64. The maximum atomic E-state index is 10.2. The van der Waals surface area contributed by atoms with Crippen LogP contribution in [0.25, 0.3) is 0 Å². The van der Waals surface area contributed by atoms with Crippen LogP contribution in [0.15, 0.2) is 24.3 Å². The lowest BCUT2D eigenvalue weighted by Gasteiger charge is -2.07. The van der Waals surface area contributed by atoms with E-state index >= 15 is 0 Å². The monoisotopic (exact) mass is 199 g/mol. The zero-order chi connectivity index (χ0) is 9.68. The van der Waals surface area contributed by atoms with Crippen molar-refractivity contribution < 1.29 is 14.2 Å². The van der Waals surface area contributed by atoms with E-state index in [4.69, 9.17) is 4.74 Å². The van der Waals surface area contributed by atoms with Crippen molar-refractivity contribution in [1.82, 2.24) is 0 Å². The zero-order valence-electron chi connectivity index (χ0n) is 7.45. The van der Waals surface area contributed by atoms with E-state index in [9.17, 15) is 9.46 Å². The van der Waals surface area contributed by atoms with Gasteiger partial charge in [-0.25, -0.2) is 0 Å². The first-order chi connectivity index (χ1) is 6.18. The van der Waals surface area contributed by atoms with E-state index in [0.717, 1.165) is 5.56 Å². The standard InChI is InChI=1S/C9H13O3P/c1-8-2-4-9(5-3-8)12-6-7-13(10)11/h2-5,13H,6-7H2,1H3,(H,10,11)/p-1. The molecule has 1 unspecified atom stereocenters. The lowest BCUT2D eigenvalue weighted by molar-refractivity contribution is -0.164. The number of ether oxygens (including phenoxy) is 1. The van der Waals surface area contributed by atoms with Crippen LogP contribution in [0.1, 0.15) is 5.56 Å². The van der Waals surface area contributed by atoms with Gasteiger partial charge in [-0.05, 0) is 19.1 Å². The second-order valence-electron chi connectivity index (χ2n) is 2.78. The molecular weight excluding hydrogens is 187 g/mol. The van der Waals surface area contributed by atoms with Gasteiger partial charge in [-0.1, -0.05) is 17.7 Å². The Morgan fingerprint density at radius 2 is 2.00 bits per heavy atom. The fourth-order valence-corrected chi connectivity index (χ4v) is 1.16. The van der Waals surface area contributed by atoms with Crippen LogP contribution in [0.4, 0.5) is 0 Å². The topological polar surface area (TPSA) is 49.4 Å². The van der Waals surface area contributed by atoms with Gasteiger partial charge in [-0.15, -0.1) is 0 Å². The molecule has 0 aliphatic rings. The van der Waals surface area contributed by atoms with E-state index in [1.807, 2.05) is 31.2 Å². The third-order valence-corrected chi connectivity index (χ3v) is 2.21. The molecule has 4 heteroatoms. The Balaban J connectivity index is 2.37. The molecule has 1 rings (SSSR count). The molecular formula is C9H12O3P-. The number of rotatable bonds is 4. The minimum absolute atomic E-state index is 0.110. The van der Waals surface area contributed by atoms with Gasteiger partial charge in [0.05, 0.1) is 6.61 Å². The van der Waals surface area contributed by atoms with E-state index in [-0.39, 0.29) is 12.8 Å². The van der Waals surface area contributed by atoms with Crippen LogP contribution in [0, 0.1) is 6.92 Å². The summed E-state index contributed by atoms with van der Waals surface area (Å²) >= 11 is 0. The maximum absolute atomic E-state index is 10.2. The molecule has 0 saturated carbocycles. The molecule has 3 nitrogen and oxygen atoms in total. The van der Waals surface area contributed by atoms with Gasteiger partial charge < -0.3 is 14.2 Å². The van der Waals surface area contributed by atoms with Gasteiger partial charge in [0.25, 0.3) is 0 Å². The molecule has 0 aromatic heterocycles. The first-order valence-electron chi connectivity index (χ1n) is 4.08. The van der Waals surface area contributed by atoms with Crippen molar-refractivity contribution in [2.75, 3.05) is 12.8 Å². The largest absolute Gasteiger partial charge is 0.802 e. The van der Waals surface area contributed by atoms with Crippen molar-refractivity contribution in [3.63, 3.8) is 0 Å². The van der Waals surface area contributed by atoms with Crippen LogP contribution in [-0.2, 0) is 4.57 Å². The molecule has 0 bridgehead atoms. The summed E-state index contributed by atoms with van der Waals surface area (Å²) in [6, 6.07) is 7.51. The van der Waals surface area contributed by atoms with E-state index in [1.165, 1.54) is 0 Å². The Morgan fingerprint density at radius 3 is 2.54 bits per heavy atom. The quantitative estimate of drug-likeness (QED) is 0.685. The Bertz CT molecular complexity index is 281. The highest BCUT2D eigenvalue weighted by Gasteiger charge is 1.92. The van der Waals surface area contributed by atoms with Crippen molar-refractivity contribution in [3.05, 3.63) is 29.8 Å². The van der Waals surface area contributed by atoms with Crippen LogP contribution >= 0.6 is 8.03 Å². The molecule has 1 aromatic rings. The van der Waals surface area contributed by atoms with E-state index in [1.54, 1.807) is 0 Å². The predicted molar refractivity (Wildman–Crippen MR) is 50.5 cm³/mol. The van der Waals surface area contributed by atoms with Crippen LogP contribution in [0.3, 0.4) is 0 Å². The third kappa shape index (κ3) is 4.11. The van der Waals surface area contributed by atoms with Crippen molar-refractivity contribution in [1.29, 1.82) is 0 Å². The SMILES string of the molecule is Cc1ccc(OCC[PH](=O)[O-])cc1. The fraction of sp³-hybridized carbons (Fsp3) is 0.333. The molecule has 0 spiro atoms. The van der Waals surface area contributed by atoms with Crippen molar-refractivity contribution >= 4 is 8.03 Å². The van der Waals surface area contributed by atoms with Gasteiger partial charge in [0, 0.05) is 14.2 Å². The minimum Gasteiger partial charge on any atom is -0.802 e. The van der Waals surface area contributed by atoms with Gasteiger partial charge in [-0.3, -0.25) is 0 Å². The summed E-state index contributed by atoms with van der Waals surface area (Å²) in [5.74, 6) is 0.717. The van der Waals surface area contributed by atoms with Gasteiger partial charge in [0.15, 0.2) is 0 Å². The van der Waals surface area contributed by atoms with Crippen molar-refractivity contribution in [2.24, 2.45) is 0 Å². The average molecular weight is 199 g/mol. The molecule has 1 aromatic carbocycles. The molecule has 0 N–H and O–H groups in total. The number of hydrogen-bond donors (Lipinski definition) is 0. The van der Waals surface area contributed by atoms with Gasteiger partial charge in [0.2, 0.25) is 0 Å². The van der Waals surface area contributed by atoms with E-state index in [2.05, 4.69) is 0 Å². The van der Waals surface area contributed by atoms with Crippen LogP contribution in [0.5, 0.6) is 5.75 Å². The lowest BCUT2D eigenvalue weighted by Crippen LogP contribution is -2.03. The van der Waals surface area contributed by atoms with Crippen LogP contribution < -0.4 is 9.63 Å². The highest BCUT2D eigenvalue weighted by Crippen LogP contribution is 2.12. The molecule has 72 valence electrons. The number of aryl methyl sites for hydroxylation is 1. The van der Waals surface area contributed by atoms with E-state index in [0.29, 0.717) is 5.75 Å². The Kier molecular flexibility index (Phi) is 4.00. The number of benzene rings is 1. The first kappa shape index (κ1) is 10.3. The molecule has 0 heterocycles. The number of hydrogen-bond acceptors (Lipinski definition) is 3. The Morgan fingerprint density at radius 1 is 1.38 bits per heavy atom. The first-order valence-corrected chi connectivity index (χ1v) is 5.60. The molecule has 1 atom stereocenters. The third-order valence-electron chi connectivity index (χ3n) is 1.60. The molecule has 0 aliphatic carbocycles. The van der Waals surface area contributed by atoms with Crippen LogP contribution in [0.2, 0.25) is 0 Å². The Labute approximate surface area is 78.2 Å². The summed E-state index contributed by atoms with van der Waals surface area (Å²) in [5.41, 5.74) is 1.16. The fourth-order valence-electron chi connectivity index (χ4n) is 0.887. The van der Waals surface area contributed by atoms with Gasteiger partial charge in [-0.2, -0.15) is 0 Å². The molecule has 0 saturated heterocycles. The van der Waals surface area contributed by atoms with Crippen LogP contribution in [-0.4, -0.2) is 12.8 Å². The highest BCUT2D eigenvalue weighted by atomic mass is 31.1. The second-order valence-corrected chi connectivity index (χ2v) is 4.03. The predicted octanol–water partition coefficient (Wildman–Crippen LogP) is 1.21. The summed E-state index contributed by atoms with van der Waals surface area (Å²) in [7, 11) is -2.64. The smallest absolute Gasteiger partial charge is 0.119 e. The van der Waals surface area contributed by atoms with E-state index < -0.39 is 8.03 Å². The molecule has 0 aliphatic heterocycles. The second kappa shape index (κ2) is 5.05.